The molecule has 0 aliphatic rings. The summed E-state index contributed by atoms with van der Waals surface area (Å²) in [6.45, 7) is 3.84. The highest BCUT2D eigenvalue weighted by Crippen LogP contribution is 2.25. The minimum Gasteiger partial charge on any atom is -0.426 e. The van der Waals surface area contributed by atoms with E-state index in [1.54, 1.807) is 42.6 Å². The average molecular weight is 418 g/mol. The number of aromatic nitrogens is 1. The van der Waals surface area contributed by atoms with Crippen LogP contribution in [0.1, 0.15) is 48.7 Å². The molecule has 0 spiro atoms. The molecule has 0 radical (unpaired) electrons. The molecule has 1 unspecified atom stereocenters. The number of rotatable bonds is 9. The Morgan fingerprint density at radius 1 is 1.14 bits per heavy atom. The van der Waals surface area contributed by atoms with Crippen molar-refractivity contribution in [1.29, 1.82) is 0 Å². The van der Waals surface area contributed by atoms with Gasteiger partial charge in [-0.2, -0.15) is 0 Å². The Morgan fingerprint density at radius 2 is 1.86 bits per heavy atom. The van der Waals surface area contributed by atoms with E-state index in [4.69, 9.17) is 11.6 Å². The number of nitrogens with one attached hydrogen (secondary N) is 2. The molecular formula is C20H25BClN3O4. The molecule has 9 heteroatoms. The minimum absolute atomic E-state index is 0.114. The molecule has 0 fully saturated rings. The lowest BCUT2D eigenvalue weighted by Gasteiger charge is -2.23. The number of nitrogens with zero attached hydrogens (tertiary/aromatic N) is 1. The van der Waals surface area contributed by atoms with Crippen LogP contribution in [0.3, 0.4) is 0 Å². The van der Waals surface area contributed by atoms with Gasteiger partial charge in [-0.3, -0.25) is 14.6 Å². The summed E-state index contributed by atoms with van der Waals surface area (Å²) in [5, 5.41) is 24.9. The molecule has 0 aliphatic carbocycles. The van der Waals surface area contributed by atoms with E-state index in [0.717, 1.165) is 0 Å². The Balaban J connectivity index is 2.18. The molecule has 1 aromatic carbocycles. The molecule has 0 saturated heterocycles. The quantitative estimate of drug-likeness (QED) is 0.467. The molecule has 1 aromatic heterocycles. The van der Waals surface area contributed by atoms with Crippen LogP contribution in [0.4, 0.5) is 0 Å². The smallest absolute Gasteiger partial charge is 0.426 e. The van der Waals surface area contributed by atoms with Crippen LogP contribution < -0.4 is 10.6 Å². The van der Waals surface area contributed by atoms with Crippen molar-refractivity contribution in [1.82, 2.24) is 15.6 Å². The first-order valence-corrected chi connectivity index (χ1v) is 9.76. The van der Waals surface area contributed by atoms with Gasteiger partial charge in [0.1, 0.15) is 0 Å². The summed E-state index contributed by atoms with van der Waals surface area (Å²) in [6, 6.07) is 9.49. The number of benzene rings is 1. The molecule has 0 saturated carbocycles. The summed E-state index contributed by atoms with van der Waals surface area (Å²) >= 11 is 6.28. The van der Waals surface area contributed by atoms with Gasteiger partial charge in [0, 0.05) is 17.4 Å². The predicted octanol–water partition coefficient (Wildman–Crippen LogP) is 2.14. The van der Waals surface area contributed by atoms with Gasteiger partial charge in [-0.05, 0) is 36.1 Å². The van der Waals surface area contributed by atoms with Crippen LogP contribution in [-0.4, -0.2) is 39.9 Å². The number of halogens is 1. The van der Waals surface area contributed by atoms with Crippen molar-refractivity contribution >= 4 is 30.5 Å². The third-order valence-corrected chi connectivity index (χ3v) is 4.68. The van der Waals surface area contributed by atoms with Crippen LogP contribution in [0, 0.1) is 5.92 Å². The molecule has 2 aromatic rings. The van der Waals surface area contributed by atoms with E-state index in [-0.39, 0.29) is 12.3 Å². The van der Waals surface area contributed by atoms with E-state index >= 15 is 0 Å². The molecule has 7 nitrogen and oxygen atoms in total. The molecule has 4 N–H and O–H groups in total. The average Bonchev–Trinajstić information content (AvgIpc) is 2.67. The molecule has 2 atom stereocenters. The van der Waals surface area contributed by atoms with Gasteiger partial charge in [0.25, 0.3) is 5.91 Å². The maximum atomic E-state index is 12.6. The normalized spacial score (nSPS) is 12.9. The summed E-state index contributed by atoms with van der Waals surface area (Å²) in [7, 11) is -1.68. The highest BCUT2D eigenvalue weighted by molar-refractivity contribution is 6.43. The van der Waals surface area contributed by atoms with Crippen LogP contribution in [0.2, 0.25) is 5.02 Å². The lowest BCUT2D eigenvalue weighted by molar-refractivity contribution is -0.122. The molecule has 2 amide bonds. The fourth-order valence-electron chi connectivity index (χ4n) is 2.95. The second kappa shape index (κ2) is 10.9. The molecule has 2 rings (SSSR count). The Bertz CT molecular complexity index is 820. The molecule has 154 valence electrons. The topological polar surface area (TPSA) is 112 Å². The van der Waals surface area contributed by atoms with Crippen molar-refractivity contribution in [3.05, 3.63) is 64.9 Å². The van der Waals surface area contributed by atoms with Gasteiger partial charge in [0.15, 0.2) is 0 Å². The van der Waals surface area contributed by atoms with Gasteiger partial charge < -0.3 is 20.7 Å². The molecule has 0 aliphatic heterocycles. The van der Waals surface area contributed by atoms with Gasteiger partial charge in [-0.25, -0.2) is 0 Å². The van der Waals surface area contributed by atoms with Crippen LogP contribution in [0.5, 0.6) is 0 Å². The number of carbonyl (C=O) groups excluding carboxylic acids is 2. The van der Waals surface area contributed by atoms with Gasteiger partial charge in [0.05, 0.1) is 24.0 Å². The Morgan fingerprint density at radius 3 is 2.45 bits per heavy atom. The SMILES string of the molecule is CC(C)C[C@H](NC(=O)CC(NC(=O)c1cccnc1)c1ccccc1Cl)B(O)O. The number of hydrogen-bond acceptors (Lipinski definition) is 5. The van der Waals surface area contributed by atoms with Crippen molar-refractivity contribution in [2.24, 2.45) is 5.92 Å². The number of pyridine rings is 1. The van der Waals surface area contributed by atoms with Crippen molar-refractivity contribution in [2.75, 3.05) is 0 Å². The Kier molecular flexibility index (Phi) is 8.63. The first kappa shape index (κ1) is 22.9. The first-order valence-electron chi connectivity index (χ1n) is 9.38. The molecular weight excluding hydrogens is 393 g/mol. The number of amides is 2. The maximum absolute atomic E-state index is 12.6. The molecule has 0 bridgehead atoms. The van der Waals surface area contributed by atoms with E-state index in [0.29, 0.717) is 22.6 Å². The summed E-state index contributed by atoms with van der Waals surface area (Å²) in [5.74, 6) is -1.47. The van der Waals surface area contributed by atoms with Crippen molar-refractivity contribution in [3.8, 4) is 0 Å². The lowest BCUT2D eigenvalue weighted by Crippen LogP contribution is -2.48. The highest BCUT2D eigenvalue weighted by atomic mass is 35.5. The zero-order chi connectivity index (χ0) is 21.4. The third kappa shape index (κ3) is 7.16. The van der Waals surface area contributed by atoms with Crippen molar-refractivity contribution < 1.29 is 19.6 Å². The lowest BCUT2D eigenvalue weighted by atomic mass is 9.75. The molecule has 29 heavy (non-hydrogen) atoms. The monoisotopic (exact) mass is 417 g/mol. The second-order valence-corrected chi connectivity index (χ2v) is 7.62. The van der Waals surface area contributed by atoms with Crippen molar-refractivity contribution in [2.45, 2.75) is 38.7 Å². The fraction of sp³-hybridized carbons (Fsp3) is 0.350. The summed E-state index contributed by atoms with van der Waals surface area (Å²) < 4.78 is 0. The highest BCUT2D eigenvalue weighted by Gasteiger charge is 2.28. The minimum atomic E-state index is -1.68. The zero-order valence-corrected chi connectivity index (χ0v) is 17.1. The fourth-order valence-corrected chi connectivity index (χ4v) is 3.22. The van der Waals surface area contributed by atoms with Crippen molar-refractivity contribution in [3.63, 3.8) is 0 Å². The maximum Gasteiger partial charge on any atom is 0.475 e. The zero-order valence-electron chi connectivity index (χ0n) is 16.4. The van der Waals surface area contributed by atoms with Gasteiger partial charge in [-0.1, -0.05) is 43.6 Å². The van der Waals surface area contributed by atoms with Crippen LogP contribution in [0.15, 0.2) is 48.8 Å². The number of carbonyl (C=O) groups is 2. The van der Waals surface area contributed by atoms with Crippen LogP contribution in [-0.2, 0) is 4.79 Å². The molecule has 1 heterocycles. The van der Waals surface area contributed by atoms with E-state index in [1.807, 2.05) is 13.8 Å². The summed E-state index contributed by atoms with van der Waals surface area (Å²) in [5.41, 5.74) is 0.944. The van der Waals surface area contributed by atoms with E-state index in [1.165, 1.54) is 6.20 Å². The van der Waals surface area contributed by atoms with Gasteiger partial charge in [0.2, 0.25) is 5.91 Å². The summed E-state index contributed by atoms with van der Waals surface area (Å²) in [6.07, 6.45) is 3.28. The van der Waals surface area contributed by atoms with Gasteiger partial charge >= 0.3 is 7.12 Å². The standard InChI is InChI=1S/C20H25BClN3O4/c1-13(2)10-18(21(28)29)25-19(26)11-17(15-7-3-4-8-16(15)22)24-20(27)14-6-5-9-23-12-14/h3-9,12-13,17-18,28-29H,10-11H2,1-2H3,(H,24,27)(H,25,26)/t17?,18-/m0/s1. The largest absolute Gasteiger partial charge is 0.475 e. The Labute approximate surface area is 175 Å². The third-order valence-electron chi connectivity index (χ3n) is 4.33. The van der Waals surface area contributed by atoms with E-state index in [9.17, 15) is 19.6 Å². The van der Waals surface area contributed by atoms with E-state index < -0.39 is 30.9 Å². The van der Waals surface area contributed by atoms with Crippen LogP contribution >= 0.6 is 11.6 Å². The predicted molar refractivity (Wildman–Crippen MR) is 112 cm³/mol. The van der Waals surface area contributed by atoms with Crippen LogP contribution in [0.25, 0.3) is 0 Å². The first-order chi connectivity index (χ1) is 13.8. The number of hydrogen-bond donors (Lipinski definition) is 4. The summed E-state index contributed by atoms with van der Waals surface area (Å²) in [4.78, 5) is 29.1. The van der Waals surface area contributed by atoms with E-state index in [2.05, 4.69) is 15.6 Å². The second-order valence-electron chi connectivity index (χ2n) is 7.21. The van der Waals surface area contributed by atoms with Gasteiger partial charge in [-0.15, -0.1) is 0 Å². The Hall–Kier alpha value is -2.42.